The topological polar surface area (TPSA) is 49.4 Å². The minimum atomic E-state index is 0.0339. The molecule has 0 spiro atoms. The van der Waals surface area contributed by atoms with Crippen molar-refractivity contribution in [2.24, 2.45) is 11.8 Å². The molecular formula is C25H30N2O2. The molecule has 29 heavy (non-hydrogen) atoms. The highest BCUT2D eigenvalue weighted by Gasteiger charge is 2.33. The molecule has 0 radical (unpaired) electrons. The lowest BCUT2D eigenvalue weighted by Crippen LogP contribution is -2.42. The average Bonchev–Trinajstić information content (AvgIpc) is 2.78. The molecule has 152 valence electrons. The van der Waals surface area contributed by atoms with Crippen LogP contribution in [-0.4, -0.2) is 23.3 Å². The van der Waals surface area contributed by atoms with Gasteiger partial charge in [0, 0.05) is 31.5 Å². The minimum Gasteiger partial charge on any atom is -0.352 e. The molecule has 0 atom stereocenters. The summed E-state index contributed by atoms with van der Waals surface area (Å²) in [4.78, 5) is 27.6. The van der Waals surface area contributed by atoms with Crippen LogP contribution in [0.15, 0.2) is 48.5 Å². The first-order chi connectivity index (χ1) is 14.1. The Hall–Kier alpha value is -2.62. The molecule has 4 nitrogen and oxygen atoms in total. The lowest BCUT2D eigenvalue weighted by molar-refractivity contribution is -0.139. The predicted octanol–water partition coefficient (Wildman–Crippen LogP) is 4.00. The summed E-state index contributed by atoms with van der Waals surface area (Å²) in [5.41, 5.74) is 4.99. The van der Waals surface area contributed by atoms with Crippen molar-refractivity contribution in [2.45, 2.75) is 52.1 Å². The summed E-state index contributed by atoms with van der Waals surface area (Å²) >= 11 is 0. The fraction of sp³-hybridized carbons (Fsp3) is 0.440. The Bertz CT molecular complexity index is 867. The number of hydrogen-bond donors (Lipinski definition) is 1. The molecule has 0 aromatic heterocycles. The first-order valence-corrected chi connectivity index (χ1v) is 10.8. The van der Waals surface area contributed by atoms with Crippen molar-refractivity contribution in [3.05, 3.63) is 70.8 Å². The van der Waals surface area contributed by atoms with E-state index < -0.39 is 0 Å². The molecule has 1 heterocycles. The minimum absolute atomic E-state index is 0.0339. The molecule has 2 aromatic carbocycles. The molecule has 1 N–H and O–H groups in total. The van der Waals surface area contributed by atoms with Gasteiger partial charge >= 0.3 is 0 Å². The van der Waals surface area contributed by atoms with Gasteiger partial charge in [0.05, 0.1) is 0 Å². The number of benzene rings is 2. The summed E-state index contributed by atoms with van der Waals surface area (Å²) in [6, 6.07) is 16.7. The Morgan fingerprint density at radius 1 is 0.931 bits per heavy atom. The Labute approximate surface area is 173 Å². The third-order valence-electron chi connectivity index (χ3n) is 6.48. The Morgan fingerprint density at radius 2 is 1.59 bits per heavy atom. The predicted molar refractivity (Wildman–Crippen MR) is 114 cm³/mol. The molecule has 1 aliphatic carbocycles. The Balaban J connectivity index is 1.25. The molecule has 1 aliphatic heterocycles. The van der Waals surface area contributed by atoms with Crippen molar-refractivity contribution >= 4 is 11.8 Å². The van der Waals surface area contributed by atoms with Gasteiger partial charge in [-0.05, 0) is 55.7 Å². The third-order valence-corrected chi connectivity index (χ3v) is 6.48. The van der Waals surface area contributed by atoms with Crippen LogP contribution < -0.4 is 5.32 Å². The van der Waals surface area contributed by atoms with Gasteiger partial charge in [-0.25, -0.2) is 0 Å². The lowest BCUT2D eigenvalue weighted by atomic mass is 9.80. The Kier molecular flexibility index (Phi) is 5.98. The number of carbonyl (C=O) groups is 2. The SMILES string of the molecule is Cc1ccc(CNC(=O)C2CCC(C(=O)N3CCc4ccccc4C3)CC2)cc1. The summed E-state index contributed by atoms with van der Waals surface area (Å²) in [5.74, 6) is 0.509. The van der Waals surface area contributed by atoms with E-state index in [-0.39, 0.29) is 23.7 Å². The summed E-state index contributed by atoms with van der Waals surface area (Å²) in [6.45, 7) is 4.18. The quantitative estimate of drug-likeness (QED) is 0.858. The zero-order valence-corrected chi connectivity index (χ0v) is 17.2. The van der Waals surface area contributed by atoms with Crippen molar-refractivity contribution in [1.82, 2.24) is 10.2 Å². The number of fused-ring (bicyclic) bond motifs is 1. The number of rotatable bonds is 4. The van der Waals surface area contributed by atoms with Crippen LogP contribution in [0.25, 0.3) is 0 Å². The fourth-order valence-electron chi connectivity index (χ4n) is 4.58. The van der Waals surface area contributed by atoms with Gasteiger partial charge in [0.2, 0.25) is 11.8 Å². The summed E-state index contributed by atoms with van der Waals surface area (Å²) in [5, 5.41) is 3.07. The highest BCUT2D eigenvalue weighted by atomic mass is 16.2. The zero-order chi connectivity index (χ0) is 20.2. The van der Waals surface area contributed by atoms with Gasteiger partial charge in [-0.15, -0.1) is 0 Å². The number of hydrogen-bond acceptors (Lipinski definition) is 2. The number of amides is 2. The van der Waals surface area contributed by atoms with Crippen molar-refractivity contribution in [2.75, 3.05) is 6.54 Å². The molecule has 0 unspecified atom stereocenters. The molecule has 0 bridgehead atoms. The van der Waals surface area contributed by atoms with Crippen molar-refractivity contribution in [1.29, 1.82) is 0 Å². The standard InChI is InChI=1S/C25H30N2O2/c1-18-6-8-19(9-7-18)16-26-24(28)21-10-12-22(13-11-21)25(29)27-15-14-20-4-2-3-5-23(20)17-27/h2-9,21-22H,10-17H2,1H3,(H,26,28). The van der Waals surface area contributed by atoms with E-state index in [0.717, 1.165) is 50.8 Å². The molecule has 0 saturated heterocycles. The van der Waals surface area contributed by atoms with Crippen LogP contribution in [0.5, 0.6) is 0 Å². The first-order valence-electron chi connectivity index (χ1n) is 10.8. The molecule has 4 heteroatoms. The van der Waals surface area contributed by atoms with Crippen LogP contribution in [-0.2, 0) is 29.1 Å². The second kappa shape index (κ2) is 8.81. The largest absolute Gasteiger partial charge is 0.352 e. The summed E-state index contributed by atoms with van der Waals surface area (Å²) in [7, 11) is 0. The van der Waals surface area contributed by atoms with Gasteiger partial charge in [-0.1, -0.05) is 54.1 Å². The highest BCUT2D eigenvalue weighted by molar-refractivity contribution is 5.81. The van der Waals surface area contributed by atoms with E-state index in [2.05, 4.69) is 54.7 Å². The van der Waals surface area contributed by atoms with Crippen LogP contribution in [0, 0.1) is 18.8 Å². The fourth-order valence-corrected chi connectivity index (χ4v) is 4.58. The maximum Gasteiger partial charge on any atom is 0.225 e. The van der Waals surface area contributed by atoms with Gasteiger partial charge in [0.15, 0.2) is 0 Å². The van der Waals surface area contributed by atoms with Crippen LogP contribution >= 0.6 is 0 Å². The van der Waals surface area contributed by atoms with Crippen molar-refractivity contribution in [3.8, 4) is 0 Å². The molecule has 4 rings (SSSR count). The normalized spacial score (nSPS) is 21.3. The van der Waals surface area contributed by atoms with E-state index in [1.54, 1.807) is 0 Å². The second-order valence-electron chi connectivity index (χ2n) is 8.53. The van der Waals surface area contributed by atoms with Gasteiger partial charge in [0.1, 0.15) is 0 Å². The van der Waals surface area contributed by atoms with Crippen molar-refractivity contribution in [3.63, 3.8) is 0 Å². The average molecular weight is 391 g/mol. The molecule has 2 amide bonds. The van der Waals surface area contributed by atoms with E-state index in [9.17, 15) is 9.59 Å². The smallest absolute Gasteiger partial charge is 0.225 e. The van der Waals surface area contributed by atoms with E-state index in [1.165, 1.54) is 16.7 Å². The lowest BCUT2D eigenvalue weighted by Gasteiger charge is -2.34. The molecule has 2 aliphatic rings. The van der Waals surface area contributed by atoms with E-state index in [4.69, 9.17) is 0 Å². The van der Waals surface area contributed by atoms with Gasteiger partial charge < -0.3 is 10.2 Å². The van der Waals surface area contributed by atoms with Gasteiger partial charge in [-0.2, -0.15) is 0 Å². The second-order valence-corrected chi connectivity index (χ2v) is 8.53. The maximum atomic E-state index is 13.0. The monoisotopic (exact) mass is 390 g/mol. The van der Waals surface area contributed by atoms with Gasteiger partial charge in [0.25, 0.3) is 0 Å². The molecule has 1 fully saturated rings. The van der Waals surface area contributed by atoms with Crippen LogP contribution in [0.4, 0.5) is 0 Å². The number of nitrogens with one attached hydrogen (secondary N) is 1. The number of carbonyl (C=O) groups excluding carboxylic acids is 2. The van der Waals surface area contributed by atoms with E-state index in [0.29, 0.717) is 6.54 Å². The number of aryl methyl sites for hydroxylation is 1. The van der Waals surface area contributed by atoms with Crippen LogP contribution in [0.2, 0.25) is 0 Å². The van der Waals surface area contributed by atoms with Crippen LogP contribution in [0.3, 0.4) is 0 Å². The van der Waals surface area contributed by atoms with Crippen LogP contribution in [0.1, 0.15) is 47.9 Å². The Morgan fingerprint density at radius 3 is 2.31 bits per heavy atom. The van der Waals surface area contributed by atoms with E-state index >= 15 is 0 Å². The van der Waals surface area contributed by atoms with Gasteiger partial charge in [-0.3, -0.25) is 9.59 Å². The zero-order valence-electron chi connectivity index (χ0n) is 17.2. The summed E-state index contributed by atoms with van der Waals surface area (Å²) in [6.07, 6.45) is 4.19. The molecular weight excluding hydrogens is 360 g/mol. The summed E-state index contributed by atoms with van der Waals surface area (Å²) < 4.78 is 0. The highest BCUT2D eigenvalue weighted by Crippen LogP contribution is 2.31. The third kappa shape index (κ3) is 4.69. The first kappa shape index (κ1) is 19.7. The molecule has 2 aromatic rings. The van der Waals surface area contributed by atoms with E-state index in [1.807, 2.05) is 11.0 Å². The maximum absolute atomic E-state index is 13.0. The van der Waals surface area contributed by atoms with Crippen molar-refractivity contribution < 1.29 is 9.59 Å². The molecule has 1 saturated carbocycles. The number of nitrogens with zero attached hydrogens (tertiary/aromatic N) is 1.